The average Bonchev–Trinajstić information content (AvgIpc) is 2.81. The number of methoxy groups -OCH3 is 1. The number of hydrogen-bond donors (Lipinski definition) is 2. The Morgan fingerprint density at radius 1 is 0.947 bits per heavy atom. The SMILES string of the molecule is COc1ccc(C(=O)Nc2ccc(C(=O)O)c(O[Si](C)(C)C(C)(C)C)c2)cc1C12CC3CC(CC(C3)C1)C2. The largest absolute Gasteiger partial charge is 0.543 e. The fraction of sp³-hybridized carbons (Fsp3) is 0.548. The minimum Gasteiger partial charge on any atom is -0.543 e. The molecule has 0 aliphatic heterocycles. The van der Waals surface area contributed by atoms with Crippen LogP contribution in [-0.4, -0.2) is 32.4 Å². The lowest BCUT2D eigenvalue weighted by Gasteiger charge is -2.57. The van der Waals surface area contributed by atoms with Crippen LogP contribution in [0.2, 0.25) is 18.1 Å². The highest BCUT2D eigenvalue weighted by atomic mass is 28.4. The van der Waals surface area contributed by atoms with E-state index in [0.29, 0.717) is 17.0 Å². The van der Waals surface area contributed by atoms with Crippen molar-refractivity contribution in [1.82, 2.24) is 0 Å². The van der Waals surface area contributed by atoms with E-state index >= 15 is 0 Å². The number of carboxylic acid groups (broad SMARTS) is 1. The minimum absolute atomic E-state index is 0.0984. The molecule has 7 heteroatoms. The molecule has 2 aromatic rings. The monoisotopic (exact) mass is 535 g/mol. The van der Waals surface area contributed by atoms with Gasteiger partial charge in [0.2, 0.25) is 0 Å². The van der Waals surface area contributed by atoms with Crippen LogP contribution in [0, 0.1) is 17.8 Å². The maximum atomic E-state index is 13.5. The molecule has 0 heterocycles. The molecular weight excluding hydrogens is 494 g/mol. The molecule has 2 N–H and O–H groups in total. The van der Waals surface area contributed by atoms with Crippen LogP contribution >= 0.6 is 0 Å². The van der Waals surface area contributed by atoms with Gasteiger partial charge in [0.15, 0.2) is 0 Å². The van der Waals surface area contributed by atoms with E-state index in [2.05, 4.69) is 39.2 Å². The van der Waals surface area contributed by atoms with Crippen LogP contribution in [0.25, 0.3) is 0 Å². The summed E-state index contributed by atoms with van der Waals surface area (Å²) in [4.78, 5) is 25.4. The molecule has 2 aromatic carbocycles. The van der Waals surface area contributed by atoms with E-state index in [-0.39, 0.29) is 21.9 Å². The lowest BCUT2D eigenvalue weighted by Crippen LogP contribution is -2.48. The Kier molecular flexibility index (Phi) is 6.65. The van der Waals surface area contributed by atoms with E-state index in [0.717, 1.165) is 23.5 Å². The number of amides is 1. The van der Waals surface area contributed by atoms with Gasteiger partial charge < -0.3 is 19.6 Å². The predicted octanol–water partition coefficient (Wildman–Crippen LogP) is 7.50. The summed E-state index contributed by atoms with van der Waals surface area (Å²) in [5, 5.41) is 12.6. The molecule has 204 valence electrons. The van der Waals surface area contributed by atoms with Crippen LogP contribution in [0.1, 0.15) is 85.6 Å². The van der Waals surface area contributed by atoms with Gasteiger partial charge in [0.05, 0.1) is 7.11 Å². The number of carbonyl (C=O) groups excluding carboxylic acids is 1. The number of aromatic carboxylic acids is 1. The van der Waals surface area contributed by atoms with Gasteiger partial charge in [-0.1, -0.05) is 20.8 Å². The molecule has 4 fully saturated rings. The van der Waals surface area contributed by atoms with Gasteiger partial charge in [0, 0.05) is 22.9 Å². The highest BCUT2D eigenvalue weighted by Crippen LogP contribution is 2.62. The van der Waals surface area contributed by atoms with E-state index < -0.39 is 14.3 Å². The highest BCUT2D eigenvalue weighted by Gasteiger charge is 2.52. The van der Waals surface area contributed by atoms with Crippen molar-refractivity contribution in [2.75, 3.05) is 12.4 Å². The third-order valence-electron chi connectivity index (χ3n) is 9.71. The fourth-order valence-corrected chi connectivity index (χ4v) is 8.22. The summed E-state index contributed by atoms with van der Waals surface area (Å²) in [5.74, 6) is 2.26. The summed E-state index contributed by atoms with van der Waals surface area (Å²) in [6, 6.07) is 10.6. The number of carboxylic acids is 1. The van der Waals surface area contributed by atoms with E-state index in [1.165, 1.54) is 50.2 Å². The Bertz CT molecular complexity index is 1230. The summed E-state index contributed by atoms with van der Waals surface area (Å²) in [7, 11) is -0.577. The van der Waals surface area contributed by atoms with Crippen molar-refractivity contribution in [3.8, 4) is 11.5 Å². The van der Waals surface area contributed by atoms with E-state index in [9.17, 15) is 14.7 Å². The molecule has 1 amide bonds. The van der Waals surface area contributed by atoms with Gasteiger partial charge in [0.25, 0.3) is 14.2 Å². The van der Waals surface area contributed by atoms with Crippen LogP contribution in [0.5, 0.6) is 11.5 Å². The molecule has 0 saturated heterocycles. The first-order chi connectivity index (χ1) is 17.8. The number of hydrogen-bond acceptors (Lipinski definition) is 4. The maximum Gasteiger partial charge on any atom is 0.339 e. The standard InChI is InChI=1S/C31H41NO5Si/c1-30(2,3)38(5,6)37-27-15-23(8-9-24(27)29(34)35)32-28(33)22-7-10-26(36-4)25(14-22)31-16-19-11-20(17-31)13-21(12-19)18-31/h7-10,14-15,19-21H,11-13,16-18H2,1-6H3,(H,32,33)(H,34,35). The number of nitrogens with one attached hydrogen (secondary N) is 1. The lowest BCUT2D eigenvalue weighted by atomic mass is 9.48. The molecule has 0 atom stereocenters. The molecule has 6 rings (SSSR count). The third-order valence-corrected chi connectivity index (χ3v) is 14.1. The quantitative estimate of drug-likeness (QED) is 0.359. The summed E-state index contributed by atoms with van der Waals surface area (Å²) in [6.45, 7) is 10.5. The second-order valence-electron chi connectivity index (χ2n) is 13.4. The van der Waals surface area contributed by atoms with Crippen LogP contribution in [0.3, 0.4) is 0 Å². The van der Waals surface area contributed by atoms with E-state index in [1.54, 1.807) is 19.2 Å². The molecule has 0 aromatic heterocycles. The molecule has 4 aliphatic carbocycles. The van der Waals surface area contributed by atoms with Gasteiger partial charge in [0.1, 0.15) is 17.1 Å². The van der Waals surface area contributed by atoms with Crippen LogP contribution < -0.4 is 14.5 Å². The Labute approximate surface area is 227 Å². The molecule has 4 bridgehead atoms. The van der Waals surface area contributed by atoms with Crippen molar-refractivity contribution < 1.29 is 23.9 Å². The lowest BCUT2D eigenvalue weighted by molar-refractivity contribution is -0.00617. The number of rotatable bonds is 7. The van der Waals surface area contributed by atoms with Gasteiger partial charge in [-0.25, -0.2) is 4.79 Å². The molecule has 38 heavy (non-hydrogen) atoms. The van der Waals surface area contributed by atoms with Crippen LogP contribution in [0.4, 0.5) is 5.69 Å². The highest BCUT2D eigenvalue weighted by molar-refractivity contribution is 6.74. The van der Waals surface area contributed by atoms with Crippen molar-refractivity contribution in [3.05, 3.63) is 53.1 Å². The third kappa shape index (κ3) is 4.85. The van der Waals surface area contributed by atoms with Gasteiger partial charge in [-0.05, 0) is 110 Å². The molecule has 0 unspecified atom stereocenters. The maximum absolute atomic E-state index is 13.5. The molecule has 4 saturated carbocycles. The van der Waals surface area contributed by atoms with Gasteiger partial charge >= 0.3 is 5.97 Å². The summed E-state index contributed by atoms with van der Waals surface area (Å²) in [5.41, 5.74) is 2.48. The summed E-state index contributed by atoms with van der Waals surface area (Å²) in [6.07, 6.45) is 7.62. The zero-order chi connectivity index (χ0) is 27.5. The zero-order valence-corrected chi connectivity index (χ0v) is 24.5. The first-order valence-corrected chi connectivity index (χ1v) is 16.8. The molecule has 6 nitrogen and oxygen atoms in total. The van der Waals surface area contributed by atoms with Crippen LogP contribution in [0.15, 0.2) is 36.4 Å². The number of benzene rings is 2. The van der Waals surface area contributed by atoms with Gasteiger partial charge in [-0.2, -0.15) is 0 Å². The number of ether oxygens (including phenoxy) is 1. The zero-order valence-electron chi connectivity index (χ0n) is 23.5. The number of anilines is 1. The van der Waals surface area contributed by atoms with Crippen molar-refractivity contribution in [2.45, 2.75) is 82.8 Å². The van der Waals surface area contributed by atoms with E-state index in [1.807, 2.05) is 18.2 Å². The second kappa shape index (κ2) is 9.44. The Balaban J connectivity index is 1.43. The number of carbonyl (C=O) groups is 2. The molecule has 0 radical (unpaired) electrons. The van der Waals surface area contributed by atoms with Crippen molar-refractivity contribution >= 4 is 25.9 Å². The van der Waals surface area contributed by atoms with Crippen molar-refractivity contribution in [3.63, 3.8) is 0 Å². The Hall–Kier alpha value is -2.80. The van der Waals surface area contributed by atoms with Gasteiger partial charge in [-0.3, -0.25) is 4.79 Å². The fourth-order valence-electron chi connectivity index (χ4n) is 7.20. The Morgan fingerprint density at radius 3 is 2.08 bits per heavy atom. The smallest absolute Gasteiger partial charge is 0.339 e. The van der Waals surface area contributed by atoms with Gasteiger partial charge in [-0.15, -0.1) is 0 Å². The molecular formula is C31H41NO5Si. The Morgan fingerprint density at radius 2 is 1.55 bits per heavy atom. The van der Waals surface area contributed by atoms with Crippen LogP contribution in [-0.2, 0) is 5.41 Å². The summed E-state index contributed by atoms with van der Waals surface area (Å²) >= 11 is 0. The minimum atomic E-state index is -2.29. The first kappa shape index (κ1) is 26.8. The summed E-state index contributed by atoms with van der Waals surface area (Å²) < 4.78 is 12.2. The second-order valence-corrected chi connectivity index (χ2v) is 18.2. The normalized spacial score (nSPS) is 26.2. The molecule has 4 aliphatic rings. The topological polar surface area (TPSA) is 84.9 Å². The van der Waals surface area contributed by atoms with E-state index in [4.69, 9.17) is 9.16 Å². The van der Waals surface area contributed by atoms with Crippen molar-refractivity contribution in [1.29, 1.82) is 0 Å². The first-order valence-electron chi connectivity index (χ1n) is 13.9. The van der Waals surface area contributed by atoms with Crippen molar-refractivity contribution in [2.24, 2.45) is 17.8 Å². The average molecular weight is 536 g/mol. The predicted molar refractivity (Wildman–Crippen MR) is 152 cm³/mol. The molecule has 0 spiro atoms.